The van der Waals surface area contributed by atoms with Gasteiger partial charge in [-0.1, -0.05) is 22.9 Å². The van der Waals surface area contributed by atoms with E-state index in [1.807, 2.05) is 13.0 Å². The summed E-state index contributed by atoms with van der Waals surface area (Å²) >= 11 is 7.74. The van der Waals surface area contributed by atoms with Gasteiger partial charge in [-0.3, -0.25) is 4.79 Å². The van der Waals surface area contributed by atoms with E-state index >= 15 is 0 Å². The van der Waals surface area contributed by atoms with Crippen molar-refractivity contribution in [3.8, 4) is 0 Å². The molecule has 0 spiro atoms. The lowest BCUT2D eigenvalue weighted by Gasteiger charge is -2.55. The van der Waals surface area contributed by atoms with Gasteiger partial charge in [0.25, 0.3) is 0 Å². The lowest BCUT2D eigenvalue weighted by molar-refractivity contribution is -0.140. The third-order valence-corrected chi connectivity index (χ3v) is 7.75. The van der Waals surface area contributed by atoms with Crippen LogP contribution in [0.15, 0.2) is 12.1 Å². The predicted octanol–water partition coefficient (Wildman–Crippen LogP) is 5.41. The minimum Gasteiger partial charge on any atom is -0.301 e. The van der Waals surface area contributed by atoms with E-state index in [2.05, 4.69) is 16.4 Å². The highest BCUT2D eigenvalue weighted by Gasteiger charge is 2.54. The van der Waals surface area contributed by atoms with Crippen molar-refractivity contribution in [3.05, 3.63) is 22.7 Å². The van der Waals surface area contributed by atoms with Crippen LogP contribution in [0.5, 0.6) is 0 Å². The number of halogens is 1. The molecule has 4 aliphatic rings. The first-order chi connectivity index (χ1) is 11.5. The van der Waals surface area contributed by atoms with Crippen LogP contribution in [0.2, 0.25) is 5.02 Å². The molecule has 1 aromatic carbocycles. The third-order valence-electron chi connectivity index (χ3n) is 6.41. The molecule has 1 aromatic heterocycles. The number of carbonyl (C=O) groups is 1. The highest BCUT2D eigenvalue weighted by atomic mass is 35.5. The first-order valence-electron chi connectivity index (χ1n) is 8.89. The fraction of sp³-hybridized carbons (Fsp3) is 0.579. The lowest BCUT2D eigenvalue weighted by atomic mass is 9.49. The zero-order chi connectivity index (χ0) is 16.5. The van der Waals surface area contributed by atoms with Gasteiger partial charge in [0.1, 0.15) is 0 Å². The number of amides is 1. The number of nitrogens with one attached hydrogen (secondary N) is 1. The number of anilines is 1. The summed E-state index contributed by atoms with van der Waals surface area (Å²) in [5.41, 5.74) is 1.79. The van der Waals surface area contributed by atoms with Crippen molar-refractivity contribution in [2.24, 2.45) is 23.2 Å². The topological polar surface area (TPSA) is 42.0 Å². The molecule has 0 radical (unpaired) electrons. The van der Waals surface area contributed by atoms with E-state index in [1.54, 1.807) is 11.3 Å². The monoisotopic (exact) mass is 360 g/mol. The minimum absolute atomic E-state index is 0.125. The molecule has 4 aliphatic carbocycles. The number of aryl methyl sites for hydroxylation is 1. The van der Waals surface area contributed by atoms with Crippen molar-refractivity contribution in [1.29, 1.82) is 0 Å². The van der Waals surface area contributed by atoms with Crippen LogP contribution in [-0.2, 0) is 4.79 Å². The molecule has 5 heteroatoms. The highest BCUT2D eigenvalue weighted by molar-refractivity contribution is 7.22. The van der Waals surface area contributed by atoms with E-state index in [0.717, 1.165) is 57.8 Å². The van der Waals surface area contributed by atoms with Crippen molar-refractivity contribution in [2.75, 3.05) is 5.32 Å². The Morgan fingerprint density at radius 3 is 2.46 bits per heavy atom. The molecule has 4 bridgehead atoms. The number of aromatic nitrogens is 1. The predicted molar refractivity (Wildman–Crippen MR) is 98.6 cm³/mol. The van der Waals surface area contributed by atoms with E-state index in [1.165, 1.54) is 19.3 Å². The molecule has 3 nitrogen and oxygen atoms in total. The smallest absolute Gasteiger partial charge is 0.232 e. The number of benzene rings is 1. The molecule has 0 aliphatic heterocycles. The van der Waals surface area contributed by atoms with Crippen LogP contribution < -0.4 is 5.32 Å². The van der Waals surface area contributed by atoms with Gasteiger partial charge in [0, 0.05) is 5.02 Å². The summed E-state index contributed by atoms with van der Waals surface area (Å²) in [6.45, 7) is 2.00. The molecular formula is C19H21ClN2OS. The second kappa shape index (κ2) is 5.18. The summed E-state index contributed by atoms with van der Waals surface area (Å²) in [4.78, 5) is 17.7. The first kappa shape index (κ1) is 15.2. The Balaban J connectivity index is 1.42. The van der Waals surface area contributed by atoms with Crippen LogP contribution in [0, 0.1) is 30.1 Å². The average Bonchev–Trinajstić information content (AvgIpc) is 2.87. The number of nitrogens with zero attached hydrogens (tertiary/aromatic N) is 1. The summed E-state index contributed by atoms with van der Waals surface area (Å²) in [5.74, 6) is 2.54. The van der Waals surface area contributed by atoms with E-state index in [0.29, 0.717) is 5.13 Å². The van der Waals surface area contributed by atoms with Crippen LogP contribution in [0.4, 0.5) is 5.13 Å². The highest BCUT2D eigenvalue weighted by Crippen LogP contribution is 2.60. The standard InChI is InChI=1S/C19H21ClN2OS/c1-10-2-16-15(6-14(10)20)21-18(24-16)22-17(23)19-7-11-3-12(8-19)5-13(4-11)9-19/h2,6,11-13H,3-5,7-9H2,1H3,(H,21,22,23). The molecule has 126 valence electrons. The third kappa shape index (κ3) is 2.30. The van der Waals surface area contributed by atoms with Gasteiger partial charge in [0.15, 0.2) is 5.13 Å². The second-order valence-electron chi connectivity index (χ2n) is 8.24. The van der Waals surface area contributed by atoms with Crippen LogP contribution in [0.1, 0.15) is 44.1 Å². The summed E-state index contributed by atoms with van der Waals surface area (Å²) in [6.07, 6.45) is 7.31. The van der Waals surface area contributed by atoms with E-state index in [4.69, 9.17) is 11.6 Å². The van der Waals surface area contributed by atoms with E-state index in [9.17, 15) is 4.79 Å². The van der Waals surface area contributed by atoms with Gasteiger partial charge < -0.3 is 5.32 Å². The number of hydrogen-bond acceptors (Lipinski definition) is 3. The van der Waals surface area contributed by atoms with Crippen molar-refractivity contribution in [2.45, 2.75) is 45.4 Å². The normalized spacial score (nSPS) is 34.0. The number of thiazole rings is 1. The van der Waals surface area contributed by atoms with E-state index < -0.39 is 0 Å². The zero-order valence-corrected chi connectivity index (χ0v) is 15.3. The minimum atomic E-state index is -0.125. The van der Waals surface area contributed by atoms with Crippen molar-refractivity contribution < 1.29 is 4.79 Å². The molecule has 6 rings (SSSR count). The number of rotatable bonds is 2. The van der Waals surface area contributed by atoms with Crippen LogP contribution >= 0.6 is 22.9 Å². The van der Waals surface area contributed by atoms with Crippen molar-refractivity contribution in [1.82, 2.24) is 4.98 Å². The molecule has 0 saturated heterocycles. The van der Waals surface area contributed by atoms with Gasteiger partial charge in [-0.2, -0.15) is 0 Å². The molecule has 0 unspecified atom stereocenters. The zero-order valence-electron chi connectivity index (χ0n) is 13.8. The van der Waals surface area contributed by atoms with E-state index in [-0.39, 0.29) is 11.3 Å². The number of fused-ring (bicyclic) bond motifs is 1. The van der Waals surface area contributed by atoms with Crippen molar-refractivity contribution in [3.63, 3.8) is 0 Å². The summed E-state index contributed by atoms with van der Waals surface area (Å²) in [6, 6.07) is 3.94. The molecule has 1 amide bonds. The van der Waals surface area contributed by atoms with Gasteiger partial charge >= 0.3 is 0 Å². The van der Waals surface area contributed by atoms with Crippen LogP contribution in [0.25, 0.3) is 10.2 Å². The van der Waals surface area contributed by atoms with Gasteiger partial charge in [-0.15, -0.1) is 0 Å². The quantitative estimate of drug-likeness (QED) is 0.777. The number of hydrogen-bond donors (Lipinski definition) is 1. The summed E-state index contributed by atoms with van der Waals surface area (Å²) in [5, 5.41) is 4.60. The van der Waals surface area contributed by atoms with Gasteiger partial charge in [0.05, 0.1) is 15.6 Å². The molecule has 1 N–H and O–H groups in total. The van der Waals surface area contributed by atoms with Crippen LogP contribution in [-0.4, -0.2) is 10.9 Å². The Morgan fingerprint density at radius 2 is 1.83 bits per heavy atom. The van der Waals surface area contributed by atoms with Crippen molar-refractivity contribution >= 4 is 44.2 Å². The molecule has 4 fully saturated rings. The second-order valence-corrected chi connectivity index (χ2v) is 9.68. The van der Waals surface area contributed by atoms with Gasteiger partial charge in [-0.25, -0.2) is 4.98 Å². The molecule has 24 heavy (non-hydrogen) atoms. The Labute approximate surface area is 150 Å². The van der Waals surface area contributed by atoms with Crippen LogP contribution in [0.3, 0.4) is 0 Å². The number of carbonyl (C=O) groups excluding carboxylic acids is 1. The maximum Gasteiger partial charge on any atom is 0.232 e. The molecule has 1 heterocycles. The fourth-order valence-electron chi connectivity index (χ4n) is 5.72. The Morgan fingerprint density at radius 1 is 1.21 bits per heavy atom. The maximum absolute atomic E-state index is 13.1. The average molecular weight is 361 g/mol. The molecular weight excluding hydrogens is 340 g/mol. The SMILES string of the molecule is Cc1cc2sc(NC(=O)C34CC5CC(CC(C5)C3)C4)nc2cc1Cl. The van der Waals surface area contributed by atoms with Gasteiger partial charge in [0.2, 0.25) is 5.91 Å². The Kier molecular flexibility index (Phi) is 3.27. The first-order valence-corrected chi connectivity index (χ1v) is 10.1. The lowest BCUT2D eigenvalue weighted by Crippen LogP contribution is -2.51. The molecule has 0 atom stereocenters. The fourth-order valence-corrected chi connectivity index (χ4v) is 6.82. The molecule has 4 saturated carbocycles. The summed E-state index contributed by atoms with van der Waals surface area (Å²) < 4.78 is 1.08. The Bertz CT molecular complexity index is 769. The maximum atomic E-state index is 13.1. The Hall–Kier alpha value is -1.13. The summed E-state index contributed by atoms with van der Waals surface area (Å²) in [7, 11) is 0. The largest absolute Gasteiger partial charge is 0.301 e. The molecule has 2 aromatic rings. The van der Waals surface area contributed by atoms with Gasteiger partial charge in [-0.05, 0) is 80.9 Å².